The van der Waals surface area contributed by atoms with Crippen molar-refractivity contribution in [1.29, 1.82) is 0 Å². The monoisotopic (exact) mass is 659 g/mol. The molecule has 4 amide bonds. The van der Waals surface area contributed by atoms with E-state index in [-0.39, 0.29) is 17.2 Å². The molecule has 0 unspecified atom stereocenters. The molecule has 0 saturated carbocycles. The van der Waals surface area contributed by atoms with Crippen molar-refractivity contribution < 1.29 is 22.8 Å². The predicted molar refractivity (Wildman–Crippen MR) is 167 cm³/mol. The summed E-state index contributed by atoms with van der Waals surface area (Å²) in [7, 11) is -4.20. The number of hydrogen-bond donors (Lipinski definition) is 2. The molecule has 41 heavy (non-hydrogen) atoms. The lowest BCUT2D eigenvalue weighted by atomic mass is 10.0. The predicted octanol–water partition coefficient (Wildman–Crippen LogP) is 5.94. The van der Waals surface area contributed by atoms with Crippen LogP contribution in [0.25, 0.3) is 11.1 Å². The van der Waals surface area contributed by atoms with Crippen molar-refractivity contribution in [2.45, 2.75) is 38.1 Å². The first kappa shape index (κ1) is 32.4. The third-order valence-electron chi connectivity index (χ3n) is 5.85. The van der Waals surface area contributed by atoms with Crippen molar-refractivity contribution in [2.75, 3.05) is 18.1 Å². The first-order chi connectivity index (χ1) is 19.5. The van der Waals surface area contributed by atoms with Crippen molar-refractivity contribution >= 4 is 55.6 Å². The Morgan fingerprint density at radius 2 is 1.59 bits per heavy atom. The maximum Gasteiger partial charge on any atom is 0.325 e. The molecule has 3 aromatic rings. The zero-order chi connectivity index (χ0) is 30.0. The summed E-state index contributed by atoms with van der Waals surface area (Å²) in [5.41, 5.74) is 2.08. The molecule has 0 spiro atoms. The minimum Gasteiger partial charge on any atom is -0.325 e. The van der Waals surface area contributed by atoms with Gasteiger partial charge in [-0.3, -0.25) is 14.5 Å². The zero-order valence-electron chi connectivity index (χ0n) is 23.2. The molecule has 1 atom stereocenters. The molecular formula is C30H34BrN3O5S2. The van der Waals surface area contributed by atoms with E-state index in [4.69, 9.17) is 0 Å². The zero-order valence-corrected chi connectivity index (χ0v) is 26.4. The molecule has 3 rings (SSSR count). The molecule has 0 aliphatic heterocycles. The summed E-state index contributed by atoms with van der Waals surface area (Å²) in [4.78, 5) is 41.1. The van der Waals surface area contributed by atoms with Crippen LogP contribution in [0.2, 0.25) is 0 Å². The van der Waals surface area contributed by atoms with E-state index >= 15 is 0 Å². The molecule has 2 N–H and O–H groups in total. The lowest BCUT2D eigenvalue weighted by molar-refractivity contribution is -0.120. The number of halogens is 1. The molecule has 0 aliphatic rings. The third-order valence-corrected chi connectivity index (χ3v) is 9.15. The number of imide groups is 1. The van der Waals surface area contributed by atoms with Crippen molar-refractivity contribution in [2.24, 2.45) is 5.92 Å². The van der Waals surface area contributed by atoms with Crippen LogP contribution in [0, 0.1) is 5.92 Å². The quantitative estimate of drug-likeness (QED) is 0.249. The highest BCUT2D eigenvalue weighted by atomic mass is 79.9. The Balaban J connectivity index is 1.82. The van der Waals surface area contributed by atoms with Crippen molar-refractivity contribution in [1.82, 2.24) is 14.9 Å². The Labute approximate surface area is 254 Å². The smallest absolute Gasteiger partial charge is 0.325 e. The molecule has 11 heteroatoms. The number of carbonyl (C=O) groups is 3. The number of hydrogen-bond acceptors (Lipinski definition) is 6. The normalized spacial score (nSPS) is 12.0. The van der Waals surface area contributed by atoms with Gasteiger partial charge in [-0.2, -0.15) is 11.8 Å². The lowest BCUT2D eigenvalue weighted by Gasteiger charge is -2.25. The van der Waals surface area contributed by atoms with E-state index in [2.05, 4.69) is 26.0 Å². The molecule has 218 valence electrons. The number of nitrogens with one attached hydrogen (secondary N) is 2. The van der Waals surface area contributed by atoms with Gasteiger partial charge in [0.25, 0.3) is 21.8 Å². The van der Waals surface area contributed by atoms with Crippen LogP contribution >= 0.6 is 27.7 Å². The number of thioether (sulfide) groups is 1. The molecule has 0 heterocycles. The molecule has 3 aromatic carbocycles. The molecular weight excluding hydrogens is 626 g/mol. The third kappa shape index (κ3) is 9.44. The second-order valence-corrected chi connectivity index (χ2v) is 13.4. The van der Waals surface area contributed by atoms with Crippen molar-refractivity contribution in [3.63, 3.8) is 0 Å². The van der Waals surface area contributed by atoms with E-state index in [0.717, 1.165) is 16.0 Å². The highest BCUT2D eigenvalue weighted by Crippen LogP contribution is 2.21. The van der Waals surface area contributed by atoms with Gasteiger partial charge in [-0.05, 0) is 59.6 Å². The van der Waals surface area contributed by atoms with E-state index in [0.29, 0.717) is 28.1 Å². The summed E-state index contributed by atoms with van der Waals surface area (Å²) in [6, 6.07) is 20.6. The first-order valence-electron chi connectivity index (χ1n) is 13.2. The summed E-state index contributed by atoms with van der Waals surface area (Å²) in [5.74, 6) is -0.258. The number of rotatable bonds is 12. The summed E-state index contributed by atoms with van der Waals surface area (Å²) in [6.07, 6.45) is 0.494. The van der Waals surface area contributed by atoms with Gasteiger partial charge in [0, 0.05) is 22.3 Å². The summed E-state index contributed by atoms with van der Waals surface area (Å²) < 4.78 is 28.4. The van der Waals surface area contributed by atoms with Gasteiger partial charge < -0.3 is 5.32 Å². The fourth-order valence-electron chi connectivity index (χ4n) is 3.87. The number of nitrogens with zero attached hydrogens (tertiary/aromatic N) is 1. The fraction of sp³-hybridized carbons (Fsp3) is 0.300. The fourth-order valence-corrected chi connectivity index (χ4v) is 6.56. The average Bonchev–Trinajstić information content (AvgIpc) is 2.95. The van der Waals surface area contributed by atoms with Gasteiger partial charge in [0.15, 0.2) is 0 Å². The Morgan fingerprint density at radius 1 is 0.902 bits per heavy atom. The summed E-state index contributed by atoms with van der Waals surface area (Å²) >= 11 is 4.65. The van der Waals surface area contributed by atoms with Crippen LogP contribution in [-0.2, 0) is 14.8 Å². The Kier molecular flexibility index (Phi) is 12.0. The van der Waals surface area contributed by atoms with Crippen LogP contribution in [0.4, 0.5) is 4.79 Å². The highest BCUT2D eigenvalue weighted by Gasteiger charge is 2.30. The number of urea groups is 1. The van der Waals surface area contributed by atoms with E-state index in [9.17, 15) is 22.8 Å². The molecule has 8 nitrogen and oxygen atoms in total. The second kappa shape index (κ2) is 15.2. The topological polar surface area (TPSA) is 113 Å². The minimum absolute atomic E-state index is 0.0961. The molecule has 0 fully saturated rings. The maximum atomic E-state index is 13.5. The number of benzene rings is 3. The Bertz CT molecular complexity index is 1470. The SMILES string of the molecule is CCCN(C(=O)N[C@@H](CSCC(C)C)C(=O)NS(=O)(=O)c1cccc(Br)c1)C(=O)c1cccc(-c2ccccc2)c1. The minimum atomic E-state index is -4.20. The van der Waals surface area contributed by atoms with Crippen molar-refractivity contribution in [3.05, 3.63) is 88.9 Å². The first-order valence-corrected chi connectivity index (χ1v) is 16.6. The van der Waals surface area contributed by atoms with Gasteiger partial charge in [0.1, 0.15) is 6.04 Å². The van der Waals surface area contributed by atoms with Gasteiger partial charge in [0.05, 0.1) is 4.90 Å². The summed E-state index contributed by atoms with van der Waals surface area (Å²) in [6.45, 7) is 5.98. The van der Waals surface area contributed by atoms with Gasteiger partial charge in [-0.25, -0.2) is 17.9 Å². The van der Waals surface area contributed by atoms with E-state index < -0.39 is 33.9 Å². The van der Waals surface area contributed by atoms with Gasteiger partial charge >= 0.3 is 6.03 Å². The van der Waals surface area contributed by atoms with Crippen LogP contribution in [0.5, 0.6) is 0 Å². The number of amides is 4. The van der Waals surface area contributed by atoms with E-state index in [1.165, 1.54) is 23.9 Å². The van der Waals surface area contributed by atoms with Crippen LogP contribution < -0.4 is 10.0 Å². The van der Waals surface area contributed by atoms with Crippen LogP contribution in [-0.4, -0.2) is 55.3 Å². The number of sulfonamides is 1. The van der Waals surface area contributed by atoms with E-state index in [1.54, 1.807) is 30.3 Å². The molecule has 0 aromatic heterocycles. The van der Waals surface area contributed by atoms with Crippen LogP contribution in [0.3, 0.4) is 0 Å². The van der Waals surface area contributed by atoms with Gasteiger partial charge in [0.2, 0.25) is 0 Å². The standard InChI is InChI=1S/C30H34BrN3O5S2/c1-4-16-34(29(36)24-13-8-12-23(17-24)22-10-6-5-7-11-22)30(37)32-27(20-40-19-21(2)3)28(35)33-41(38,39)26-15-9-14-25(31)18-26/h5-15,17-18,21,27H,4,16,19-20H2,1-3H3,(H,32,37)(H,33,35)/t27-/m0/s1. The van der Waals surface area contributed by atoms with Crippen LogP contribution in [0.1, 0.15) is 37.6 Å². The maximum absolute atomic E-state index is 13.5. The molecule has 0 saturated heterocycles. The Hall–Kier alpha value is -3.15. The Morgan fingerprint density at radius 3 is 2.24 bits per heavy atom. The molecule has 0 aliphatic carbocycles. The largest absolute Gasteiger partial charge is 0.325 e. The van der Waals surface area contributed by atoms with Crippen molar-refractivity contribution in [3.8, 4) is 11.1 Å². The summed E-state index contributed by atoms with van der Waals surface area (Å²) in [5, 5.41) is 2.62. The molecule has 0 bridgehead atoms. The lowest BCUT2D eigenvalue weighted by Crippen LogP contribution is -2.54. The molecule has 0 radical (unpaired) electrons. The van der Waals surface area contributed by atoms with Crippen LogP contribution in [0.15, 0.2) is 88.2 Å². The average molecular weight is 661 g/mol. The van der Waals surface area contributed by atoms with Gasteiger partial charge in [-0.1, -0.05) is 85.2 Å². The highest BCUT2D eigenvalue weighted by molar-refractivity contribution is 9.10. The van der Waals surface area contributed by atoms with Gasteiger partial charge in [-0.15, -0.1) is 0 Å². The second-order valence-electron chi connectivity index (χ2n) is 9.76. The number of carbonyl (C=O) groups excluding carboxylic acids is 3. The van der Waals surface area contributed by atoms with E-state index in [1.807, 2.05) is 57.2 Å².